The summed E-state index contributed by atoms with van der Waals surface area (Å²) in [6.45, 7) is 2.83. The second-order valence-corrected chi connectivity index (χ2v) is 4.46. The topological polar surface area (TPSA) is 88.7 Å². The highest BCUT2D eigenvalue weighted by Crippen LogP contribution is 2.15. The van der Waals surface area contributed by atoms with Crippen molar-refractivity contribution in [3.63, 3.8) is 0 Å². The number of carbonyl (C=O) groups is 1. The summed E-state index contributed by atoms with van der Waals surface area (Å²) in [6.07, 6.45) is 0. The molecule has 7 nitrogen and oxygen atoms in total. The van der Waals surface area contributed by atoms with Gasteiger partial charge in [-0.2, -0.15) is 4.98 Å². The number of thioether (sulfide) groups is 1. The van der Waals surface area contributed by atoms with Crippen LogP contribution in [-0.4, -0.2) is 53.3 Å². The summed E-state index contributed by atoms with van der Waals surface area (Å²) in [5, 5.41) is 12.4. The van der Waals surface area contributed by atoms with Crippen LogP contribution in [0.15, 0.2) is 4.52 Å². The van der Waals surface area contributed by atoms with E-state index < -0.39 is 5.97 Å². The second kappa shape index (κ2) is 5.87. The van der Waals surface area contributed by atoms with Crippen molar-refractivity contribution in [3.8, 4) is 0 Å². The lowest BCUT2D eigenvalue weighted by atomic mass is 10.4. The average Bonchev–Trinajstić information content (AvgIpc) is 2.78. The molecule has 0 spiro atoms. The van der Waals surface area contributed by atoms with Gasteiger partial charge in [0.25, 0.3) is 5.95 Å². The molecule has 1 aliphatic heterocycles. The number of carboxylic acids is 1. The van der Waals surface area contributed by atoms with Crippen molar-refractivity contribution in [1.29, 1.82) is 0 Å². The van der Waals surface area contributed by atoms with E-state index in [0.29, 0.717) is 30.8 Å². The maximum absolute atomic E-state index is 10.3. The first kappa shape index (κ1) is 12.2. The predicted molar refractivity (Wildman–Crippen MR) is 61.1 cm³/mol. The molecule has 0 aliphatic carbocycles. The lowest BCUT2D eigenvalue weighted by Crippen LogP contribution is -2.36. The van der Waals surface area contributed by atoms with Crippen LogP contribution >= 0.6 is 11.8 Å². The van der Waals surface area contributed by atoms with Gasteiger partial charge in [0.15, 0.2) is 0 Å². The Balaban J connectivity index is 1.84. The number of morpholine rings is 1. The molecule has 94 valence electrons. The molecule has 2 rings (SSSR count). The van der Waals surface area contributed by atoms with Gasteiger partial charge in [-0.15, -0.1) is 11.8 Å². The number of anilines is 1. The molecule has 0 bridgehead atoms. The van der Waals surface area contributed by atoms with E-state index in [2.05, 4.69) is 10.1 Å². The normalized spacial score (nSPS) is 16.1. The van der Waals surface area contributed by atoms with Crippen LogP contribution in [0.25, 0.3) is 0 Å². The Bertz CT molecular complexity index is 378. The minimum absolute atomic E-state index is 0.0370. The van der Waals surface area contributed by atoms with E-state index in [1.54, 1.807) is 0 Å². The van der Waals surface area contributed by atoms with E-state index in [1.807, 2.05) is 4.90 Å². The fraction of sp³-hybridized carbons (Fsp3) is 0.667. The quantitative estimate of drug-likeness (QED) is 0.803. The van der Waals surface area contributed by atoms with Crippen LogP contribution in [0.4, 0.5) is 5.95 Å². The standard InChI is InChI=1S/C9H13N3O4S/c13-8(14)6-17-5-7-10-9(11-16-7)12-1-3-15-4-2-12/h1-6H2,(H,13,14). The van der Waals surface area contributed by atoms with Gasteiger partial charge in [-0.3, -0.25) is 4.79 Å². The summed E-state index contributed by atoms with van der Waals surface area (Å²) in [5.74, 6) is 0.624. The van der Waals surface area contributed by atoms with Crippen molar-refractivity contribution in [3.05, 3.63) is 5.89 Å². The van der Waals surface area contributed by atoms with Crippen molar-refractivity contribution in [2.75, 3.05) is 37.0 Å². The van der Waals surface area contributed by atoms with Gasteiger partial charge in [0, 0.05) is 13.1 Å². The first-order valence-corrected chi connectivity index (χ1v) is 6.36. The molecule has 1 fully saturated rings. The Kier molecular flexibility index (Phi) is 4.21. The summed E-state index contributed by atoms with van der Waals surface area (Å²) in [4.78, 5) is 16.5. The smallest absolute Gasteiger partial charge is 0.313 e. The molecule has 1 N–H and O–H groups in total. The fourth-order valence-corrected chi connectivity index (χ4v) is 1.99. The number of aliphatic carboxylic acids is 1. The van der Waals surface area contributed by atoms with Crippen LogP contribution in [0.1, 0.15) is 5.89 Å². The fourth-order valence-electron chi connectivity index (χ4n) is 1.42. The van der Waals surface area contributed by atoms with E-state index in [9.17, 15) is 4.79 Å². The van der Waals surface area contributed by atoms with Crippen LogP contribution in [0.2, 0.25) is 0 Å². The van der Waals surface area contributed by atoms with Gasteiger partial charge in [0.05, 0.1) is 24.7 Å². The molecule has 1 aromatic rings. The highest BCUT2D eigenvalue weighted by molar-refractivity contribution is 7.99. The Labute approximate surface area is 102 Å². The molecule has 0 aromatic carbocycles. The largest absolute Gasteiger partial charge is 0.481 e. The number of hydrogen-bond acceptors (Lipinski definition) is 7. The number of rotatable bonds is 5. The molecule has 0 amide bonds. The van der Waals surface area contributed by atoms with Crippen LogP contribution in [0.5, 0.6) is 0 Å². The zero-order chi connectivity index (χ0) is 12.1. The molecular formula is C9H13N3O4S. The molecule has 1 saturated heterocycles. The van der Waals surface area contributed by atoms with Crippen LogP contribution in [-0.2, 0) is 15.3 Å². The number of nitrogens with zero attached hydrogens (tertiary/aromatic N) is 3. The SMILES string of the molecule is O=C(O)CSCc1nc(N2CCOCC2)no1. The zero-order valence-electron chi connectivity index (χ0n) is 9.16. The Morgan fingerprint density at radius 3 is 2.94 bits per heavy atom. The minimum atomic E-state index is -0.845. The summed E-state index contributed by atoms with van der Waals surface area (Å²) in [5.41, 5.74) is 0. The molecule has 1 aromatic heterocycles. The summed E-state index contributed by atoms with van der Waals surface area (Å²) >= 11 is 1.24. The maximum Gasteiger partial charge on any atom is 0.313 e. The van der Waals surface area contributed by atoms with Crippen LogP contribution in [0, 0.1) is 0 Å². The lowest BCUT2D eigenvalue weighted by Gasteiger charge is -2.24. The average molecular weight is 259 g/mol. The Morgan fingerprint density at radius 2 is 2.24 bits per heavy atom. The minimum Gasteiger partial charge on any atom is -0.481 e. The monoisotopic (exact) mass is 259 g/mol. The first-order chi connectivity index (χ1) is 8.25. The van der Waals surface area contributed by atoms with Crippen molar-refractivity contribution in [1.82, 2.24) is 10.1 Å². The molecule has 0 unspecified atom stereocenters. The number of aromatic nitrogens is 2. The number of ether oxygens (including phenoxy) is 1. The van der Waals surface area contributed by atoms with Crippen LogP contribution < -0.4 is 4.90 Å². The van der Waals surface area contributed by atoms with E-state index in [-0.39, 0.29) is 5.75 Å². The Hall–Kier alpha value is -1.28. The first-order valence-electron chi connectivity index (χ1n) is 5.20. The molecule has 8 heteroatoms. The molecule has 0 radical (unpaired) electrons. The van der Waals surface area contributed by atoms with Crippen molar-refractivity contribution < 1.29 is 19.2 Å². The lowest BCUT2D eigenvalue weighted by molar-refractivity contribution is -0.133. The molecule has 0 atom stereocenters. The maximum atomic E-state index is 10.3. The molecule has 17 heavy (non-hydrogen) atoms. The molecule has 1 aliphatic rings. The van der Waals surface area contributed by atoms with E-state index in [1.165, 1.54) is 11.8 Å². The van der Waals surface area contributed by atoms with Crippen molar-refractivity contribution in [2.24, 2.45) is 0 Å². The summed E-state index contributed by atoms with van der Waals surface area (Å²) < 4.78 is 10.3. The van der Waals surface area contributed by atoms with E-state index >= 15 is 0 Å². The van der Waals surface area contributed by atoms with Crippen molar-refractivity contribution in [2.45, 2.75) is 5.75 Å². The number of carboxylic acid groups (broad SMARTS) is 1. The molecule has 0 saturated carbocycles. The summed E-state index contributed by atoms with van der Waals surface area (Å²) in [7, 11) is 0. The van der Waals surface area contributed by atoms with Gasteiger partial charge < -0.3 is 19.3 Å². The molecule has 2 heterocycles. The zero-order valence-corrected chi connectivity index (χ0v) is 9.98. The third-order valence-electron chi connectivity index (χ3n) is 2.20. The summed E-state index contributed by atoms with van der Waals surface area (Å²) in [6, 6.07) is 0. The van der Waals surface area contributed by atoms with Gasteiger partial charge in [0.2, 0.25) is 5.89 Å². The third-order valence-corrected chi connectivity index (χ3v) is 3.10. The van der Waals surface area contributed by atoms with Gasteiger partial charge >= 0.3 is 5.97 Å². The second-order valence-electron chi connectivity index (χ2n) is 3.47. The third kappa shape index (κ3) is 3.60. The van der Waals surface area contributed by atoms with E-state index in [0.717, 1.165) is 13.1 Å². The highest BCUT2D eigenvalue weighted by atomic mass is 32.2. The van der Waals surface area contributed by atoms with Gasteiger partial charge in [-0.25, -0.2) is 0 Å². The van der Waals surface area contributed by atoms with Crippen molar-refractivity contribution >= 4 is 23.7 Å². The van der Waals surface area contributed by atoms with Gasteiger partial charge in [-0.05, 0) is 5.16 Å². The van der Waals surface area contributed by atoms with Gasteiger partial charge in [0.1, 0.15) is 0 Å². The highest BCUT2D eigenvalue weighted by Gasteiger charge is 2.17. The van der Waals surface area contributed by atoms with Crippen LogP contribution in [0.3, 0.4) is 0 Å². The number of hydrogen-bond donors (Lipinski definition) is 1. The van der Waals surface area contributed by atoms with Gasteiger partial charge in [-0.1, -0.05) is 0 Å². The van der Waals surface area contributed by atoms with E-state index in [4.69, 9.17) is 14.4 Å². The molecular weight excluding hydrogens is 246 g/mol. The predicted octanol–water partition coefficient (Wildman–Crippen LogP) is 0.224. The Morgan fingerprint density at radius 1 is 1.47 bits per heavy atom.